The first-order valence-corrected chi connectivity index (χ1v) is 7.53. The van der Waals surface area contributed by atoms with E-state index in [1.807, 2.05) is 6.07 Å². The molecular formula is C17H17FN4O. The van der Waals surface area contributed by atoms with Gasteiger partial charge < -0.3 is 9.64 Å². The third-order valence-corrected chi connectivity index (χ3v) is 4.23. The molecule has 1 aromatic heterocycles. The number of anilines is 1. The van der Waals surface area contributed by atoms with E-state index < -0.39 is 0 Å². The predicted octanol–water partition coefficient (Wildman–Crippen LogP) is 3.01. The number of fused-ring (bicyclic) bond motifs is 1. The lowest BCUT2D eigenvalue weighted by Gasteiger charge is -2.38. The highest BCUT2D eigenvalue weighted by molar-refractivity contribution is 5.51. The van der Waals surface area contributed by atoms with Crippen molar-refractivity contribution < 1.29 is 9.13 Å². The Morgan fingerprint density at radius 3 is 2.74 bits per heavy atom. The van der Waals surface area contributed by atoms with Crippen LogP contribution in [0.4, 0.5) is 10.1 Å². The molecule has 1 aliphatic rings. The Hall–Kier alpha value is -2.68. The van der Waals surface area contributed by atoms with E-state index in [0.717, 1.165) is 36.2 Å². The van der Waals surface area contributed by atoms with Crippen LogP contribution in [0.2, 0.25) is 0 Å². The number of halogens is 1. The van der Waals surface area contributed by atoms with Gasteiger partial charge in [0, 0.05) is 6.54 Å². The summed E-state index contributed by atoms with van der Waals surface area (Å²) in [6.07, 6.45) is 4.93. The topological polar surface area (TPSA) is 62.0 Å². The van der Waals surface area contributed by atoms with E-state index >= 15 is 0 Å². The zero-order chi connectivity index (χ0) is 16.4. The van der Waals surface area contributed by atoms with E-state index in [-0.39, 0.29) is 23.4 Å². The van der Waals surface area contributed by atoms with Crippen molar-refractivity contribution in [1.29, 1.82) is 5.26 Å². The van der Waals surface area contributed by atoms with Gasteiger partial charge in [-0.3, -0.25) is 0 Å². The summed E-state index contributed by atoms with van der Waals surface area (Å²) in [6, 6.07) is 5.33. The van der Waals surface area contributed by atoms with Crippen LogP contribution >= 0.6 is 0 Å². The van der Waals surface area contributed by atoms with Gasteiger partial charge in [-0.25, -0.2) is 14.4 Å². The van der Waals surface area contributed by atoms with E-state index in [1.165, 1.54) is 7.11 Å². The second-order valence-corrected chi connectivity index (χ2v) is 5.43. The van der Waals surface area contributed by atoms with Gasteiger partial charge >= 0.3 is 0 Å². The van der Waals surface area contributed by atoms with Crippen LogP contribution in [0.3, 0.4) is 0 Å². The molecule has 0 N–H and O–H groups in total. The first kappa shape index (κ1) is 15.2. The summed E-state index contributed by atoms with van der Waals surface area (Å²) in [4.78, 5) is 10.2. The van der Waals surface area contributed by atoms with Crippen molar-refractivity contribution in [3.05, 3.63) is 47.3 Å². The minimum absolute atomic E-state index is 0.0516. The van der Waals surface area contributed by atoms with E-state index in [0.29, 0.717) is 0 Å². The Bertz CT molecular complexity index is 754. The van der Waals surface area contributed by atoms with Gasteiger partial charge in [-0.05, 0) is 36.1 Å². The maximum atomic E-state index is 14.1. The highest BCUT2D eigenvalue weighted by atomic mass is 19.1. The summed E-state index contributed by atoms with van der Waals surface area (Å²) in [5, 5.41) is 8.80. The molecule has 23 heavy (non-hydrogen) atoms. The highest BCUT2D eigenvalue weighted by Crippen LogP contribution is 2.37. The van der Waals surface area contributed by atoms with Crippen LogP contribution in [0, 0.1) is 17.1 Å². The molecule has 0 saturated heterocycles. The van der Waals surface area contributed by atoms with Crippen LogP contribution in [-0.4, -0.2) is 23.6 Å². The Morgan fingerprint density at radius 2 is 2.13 bits per heavy atom. The molecule has 5 nitrogen and oxygen atoms in total. The summed E-state index contributed by atoms with van der Waals surface area (Å²) in [5.41, 5.74) is 2.93. The maximum Gasteiger partial charge on any atom is 0.232 e. The molecule has 0 saturated carbocycles. The standard InChI is InChI=1S/C17H17FN4O/c1-3-15-13-7-14(18)16(23-2)6-11(13)4-5-22(15)12-9-20-17(8-19)21-10-12/h6-7,9-10,15H,3-5H2,1-2H3. The number of nitriles is 1. The molecule has 0 spiro atoms. The van der Waals surface area contributed by atoms with Crippen LogP contribution < -0.4 is 9.64 Å². The third-order valence-electron chi connectivity index (χ3n) is 4.23. The molecule has 0 aliphatic carbocycles. The number of methoxy groups -OCH3 is 1. The number of aromatic nitrogens is 2. The van der Waals surface area contributed by atoms with Gasteiger partial charge in [0.15, 0.2) is 11.6 Å². The number of benzene rings is 1. The number of rotatable bonds is 3. The molecule has 118 valence electrons. The number of ether oxygens (including phenoxy) is 1. The average molecular weight is 312 g/mol. The largest absolute Gasteiger partial charge is 0.494 e. The Labute approximate surface area is 134 Å². The van der Waals surface area contributed by atoms with Crippen molar-refractivity contribution in [2.45, 2.75) is 25.8 Å². The minimum Gasteiger partial charge on any atom is -0.494 e. The normalized spacial score (nSPS) is 16.6. The van der Waals surface area contributed by atoms with Crippen molar-refractivity contribution in [2.75, 3.05) is 18.6 Å². The van der Waals surface area contributed by atoms with Crippen LogP contribution in [0.25, 0.3) is 0 Å². The summed E-state index contributed by atoms with van der Waals surface area (Å²) in [6.45, 7) is 2.86. The highest BCUT2D eigenvalue weighted by Gasteiger charge is 2.28. The van der Waals surface area contributed by atoms with Crippen molar-refractivity contribution >= 4 is 5.69 Å². The zero-order valence-electron chi connectivity index (χ0n) is 13.1. The molecule has 0 fully saturated rings. The van der Waals surface area contributed by atoms with Gasteiger partial charge in [-0.2, -0.15) is 5.26 Å². The Kier molecular flexibility index (Phi) is 4.11. The second kappa shape index (κ2) is 6.21. The van der Waals surface area contributed by atoms with Gasteiger partial charge in [-0.15, -0.1) is 0 Å². The zero-order valence-corrected chi connectivity index (χ0v) is 13.1. The molecule has 1 aliphatic heterocycles. The molecule has 6 heteroatoms. The van der Waals surface area contributed by atoms with Gasteiger partial charge in [0.25, 0.3) is 0 Å². The van der Waals surface area contributed by atoms with E-state index in [9.17, 15) is 4.39 Å². The fourth-order valence-electron chi connectivity index (χ4n) is 3.14. The monoisotopic (exact) mass is 312 g/mol. The molecule has 0 amide bonds. The molecule has 1 unspecified atom stereocenters. The quantitative estimate of drug-likeness (QED) is 0.872. The lowest BCUT2D eigenvalue weighted by molar-refractivity contribution is 0.384. The summed E-state index contributed by atoms with van der Waals surface area (Å²) < 4.78 is 19.2. The Balaban J connectivity index is 1.99. The molecule has 3 rings (SSSR count). The molecule has 1 atom stereocenters. The van der Waals surface area contributed by atoms with Gasteiger partial charge in [0.05, 0.1) is 31.2 Å². The van der Waals surface area contributed by atoms with E-state index in [1.54, 1.807) is 24.5 Å². The first-order valence-electron chi connectivity index (χ1n) is 7.53. The molecular weight excluding hydrogens is 295 g/mol. The van der Waals surface area contributed by atoms with Crippen LogP contribution in [0.1, 0.15) is 36.3 Å². The smallest absolute Gasteiger partial charge is 0.232 e. The Morgan fingerprint density at radius 1 is 1.39 bits per heavy atom. The van der Waals surface area contributed by atoms with Crippen LogP contribution in [0.15, 0.2) is 24.5 Å². The van der Waals surface area contributed by atoms with Crippen LogP contribution in [-0.2, 0) is 6.42 Å². The van der Waals surface area contributed by atoms with Gasteiger partial charge in [0.1, 0.15) is 6.07 Å². The van der Waals surface area contributed by atoms with Gasteiger partial charge in [0.2, 0.25) is 5.82 Å². The lowest BCUT2D eigenvalue weighted by Crippen LogP contribution is -2.35. The predicted molar refractivity (Wildman–Crippen MR) is 83.8 cm³/mol. The number of hydrogen-bond donors (Lipinski definition) is 0. The SMILES string of the molecule is CCC1c2cc(F)c(OC)cc2CCN1c1cnc(C#N)nc1. The third kappa shape index (κ3) is 2.70. The van der Waals surface area contributed by atoms with Crippen molar-refractivity contribution in [3.63, 3.8) is 0 Å². The minimum atomic E-state index is -0.345. The van der Waals surface area contributed by atoms with Crippen molar-refractivity contribution in [2.24, 2.45) is 0 Å². The summed E-state index contributed by atoms with van der Waals surface area (Å²) >= 11 is 0. The fourth-order valence-corrected chi connectivity index (χ4v) is 3.14. The maximum absolute atomic E-state index is 14.1. The first-order chi connectivity index (χ1) is 11.2. The molecule has 1 aromatic carbocycles. The van der Waals surface area contributed by atoms with Crippen molar-refractivity contribution in [1.82, 2.24) is 9.97 Å². The van der Waals surface area contributed by atoms with Gasteiger partial charge in [-0.1, -0.05) is 6.92 Å². The second-order valence-electron chi connectivity index (χ2n) is 5.43. The number of hydrogen-bond acceptors (Lipinski definition) is 5. The molecule has 0 bridgehead atoms. The molecule has 2 aromatic rings. The summed E-state index contributed by atoms with van der Waals surface area (Å²) in [5.74, 6) is 0.0892. The van der Waals surface area contributed by atoms with Crippen LogP contribution in [0.5, 0.6) is 5.75 Å². The molecule has 2 heterocycles. The number of nitrogens with zero attached hydrogens (tertiary/aromatic N) is 4. The van der Waals surface area contributed by atoms with E-state index in [4.69, 9.17) is 10.00 Å². The van der Waals surface area contributed by atoms with E-state index in [2.05, 4.69) is 21.8 Å². The molecule has 0 radical (unpaired) electrons. The fraction of sp³-hybridized carbons (Fsp3) is 0.353. The lowest BCUT2D eigenvalue weighted by atomic mass is 9.90. The van der Waals surface area contributed by atoms with Crippen molar-refractivity contribution in [3.8, 4) is 11.8 Å². The average Bonchev–Trinajstić information content (AvgIpc) is 2.60. The summed E-state index contributed by atoms with van der Waals surface area (Å²) in [7, 11) is 1.48.